The van der Waals surface area contributed by atoms with Crippen LogP contribution in [0.3, 0.4) is 0 Å². The molecule has 0 aromatic carbocycles. The van der Waals surface area contributed by atoms with Gasteiger partial charge in [-0.3, -0.25) is 4.79 Å². The lowest BCUT2D eigenvalue weighted by molar-refractivity contribution is -0.150. The summed E-state index contributed by atoms with van der Waals surface area (Å²) in [4.78, 5) is 23.4. The number of rotatable bonds is 3. The lowest BCUT2D eigenvalue weighted by Gasteiger charge is -2.29. The van der Waals surface area contributed by atoms with E-state index in [4.69, 9.17) is 5.73 Å². The maximum atomic E-state index is 12.0. The van der Waals surface area contributed by atoms with Crippen molar-refractivity contribution in [3.05, 3.63) is 0 Å². The largest absolute Gasteiger partial charge is 0.467 e. The third kappa shape index (κ3) is 2.52. The van der Waals surface area contributed by atoms with Gasteiger partial charge in [0.2, 0.25) is 5.91 Å². The van der Waals surface area contributed by atoms with E-state index in [1.54, 1.807) is 13.8 Å². The number of carbonyl (C=O) groups is 2. The molecule has 3 N–H and O–H groups in total. The van der Waals surface area contributed by atoms with E-state index < -0.39 is 17.0 Å². The molecule has 0 unspecified atom stereocenters. The zero-order valence-corrected chi connectivity index (χ0v) is 10.1. The second-order valence-corrected chi connectivity index (χ2v) is 4.93. The highest BCUT2D eigenvalue weighted by Gasteiger charge is 2.41. The minimum atomic E-state index is -1.03. The Morgan fingerprint density at radius 3 is 2.25 bits per heavy atom. The molecule has 0 spiro atoms. The van der Waals surface area contributed by atoms with Gasteiger partial charge in [0.1, 0.15) is 5.54 Å². The van der Waals surface area contributed by atoms with E-state index in [1.807, 2.05) is 0 Å². The molecule has 1 fully saturated rings. The summed E-state index contributed by atoms with van der Waals surface area (Å²) in [6, 6.07) is 0. The summed E-state index contributed by atoms with van der Waals surface area (Å²) >= 11 is 0. The van der Waals surface area contributed by atoms with Crippen molar-refractivity contribution < 1.29 is 14.3 Å². The normalized spacial score (nSPS) is 19.2. The minimum Gasteiger partial charge on any atom is -0.467 e. The molecular formula is C11H20N2O3. The highest BCUT2D eigenvalue weighted by molar-refractivity contribution is 5.92. The van der Waals surface area contributed by atoms with Gasteiger partial charge in [0.25, 0.3) is 0 Å². The predicted octanol–water partition coefficient (Wildman–Crippen LogP) is 0.326. The lowest BCUT2D eigenvalue weighted by Crippen LogP contribution is -2.60. The molecule has 5 nitrogen and oxygen atoms in total. The molecule has 0 radical (unpaired) electrons. The number of hydrogen-bond donors (Lipinski definition) is 2. The highest BCUT2D eigenvalue weighted by atomic mass is 16.5. The van der Waals surface area contributed by atoms with Gasteiger partial charge in [0, 0.05) is 0 Å². The quantitative estimate of drug-likeness (QED) is 0.682. The van der Waals surface area contributed by atoms with E-state index >= 15 is 0 Å². The SMILES string of the molecule is COC(=O)C(C)(C)NC(=O)C1(N)CCCC1. The molecule has 1 aliphatic carbocycles. The van der Waals surface area contributed by atoms with Crippen LogP contribution in [0.15, 0.2) is 0 Å². The van der Waals surface area contributed by atoms with Crippen LogP contribution < -0.4 is 11.1 Å². The van der Waals surface area contributed by atoms with Crippen molar-refractivity contribution in [3.8, 4) is 0 Å². The first kappa shape index (κ1) is 13.0. The van der Waals surface area contributed by atoms with Gasteiger partial charge >= 0.3 is 5.97 Å². The van der Waals surface area contributed by atoms with E-state index in [0.717, 1.165) is 12.8 Å². The van der Waals surface area contributed by atoms with Crippen LogP contribution >= 0.6 is 0 Å². The van der Waals surface area contributed by atoms with Gasteiger partial charge in [-0.05, 0) is 26.7 Å². The molecular weight excluding hydrogens is 208 g/mol. The Labute approximate surface area is 95.7 Å². The standard InChI is InChI=1S/C11H20N2O3/c1-10(2,9(15)16-3)13-8(14)11(12)6-4-5-7-11/h4-7,12H2,1-3H3,(H,13,14). The van der Waals surface area contributed by atoms with Gasteiger partial charge in [-0.25, -0.2) is 4.79 Å². The van der Waals surface area contributed by atoms with Crippen LogP contribution in [0.25, 0.3) is 0 Å². The molecule has 0 bridgehead atoms. The van der Waals surface area contributed by atoms with Gasteiger partial charge in [-0.1, -0.05) is 12.8 Å². The molecule has 0 atom stereocenters. The Morgan fingerprint density at radius 2 is 1.81 bits per heavy atom. The zero-order chi connectivity index (χ0) is 12.4. The summed E-state index contributed by atoms with van der Waals surface area (Å²) in [5.74, 6) is -0.733. The summed E-state index contributed by atoms with van der Waals surface area (Å²) in [6.45, 7) is 3.21. The molecule has 0 heterocycles. The van der Waals surface area contributed by atoms with Crippen LogP contribution in [0, 0.1) is 0 Å². The van der Waals surface area contributed by atoms with E-state index in [-0.39, 0.29) is 5.91 Å². The van der Waals surface area contributed by atoms with Crippen LogP contribution in [0.1, 0.15) is 39.5 Å². The second kappa shape index (κ2) is 4.41. The summed E-state index contributed by atoms with van der Waals surface area (Å²) < 4.78 is 4.62. The summed E-state index contributed by atoms with van der Waals surface area (Å²) in [6.07, 6.45) is 3.28. The smallest absolute Gasteiger partial charge is 0.330 e. The van der Waals surface area contributed by atoms with Crippen LogP contribution in [0.4, 0.5) is 0 Å². The lowest BCUT2D eigenvalue weighted by atomic mass is 9.95. The van der Waals surface area contributed by atoms with Crippen LogP contribution in [0.5, 0.6) is 0 Å². The number of nitrogens with one attached hydrogen (secondary N) is 1. The Kier molecular flexibility index (Phi) is 3.57. The van der Waals surface area contributed by atoms with Crippen molar-refractivity contribution in [2.45, 2.75) is 50.6 Å². The fourth-order valence-electron chi connectivity index (χ4n) is 1.95. The summed E-state index contributed by atoms with van der Waals surface area (Å²) in [5.41, 5.74) is 4.15. The van der Waals surface area contributed by atoms with Crippen molar-refractivity contribution in [2.24, 2.45) is 5.73 Å². The monoisotopic (exact) mass is 228 g/mol. The van der Waals surface area contributed by atoms with Crippen LogP contribution in [-0.2, 0) is 14.3 Å². The van der Waals surface area contributed by atoms with Crippen molar-refractivity contribution >= 4 is 11.9 Å². The number of ether oxygens (including phenoxy) is 1. The third-order valence-corrected chi connectivity index (χ3v) is 3.07. The summed E-state index contributed by atoms with van der Waals surface area (Å²) in [7, 11) is 1.30. The van der Waals surface area contributed by atoms with E-state index in [1.165, 1.54) is 7.11 Å². The fourth-order valence-corrected chi connectivity index (χ4v) is 1.95. The molecule has 16 heavy (non-hydrogen) atoms. The number of esters is 1. The molecule has 0 aliphatic heterocycles. The topological polar surface area (TPSA) is 81.4 Å². The van der Waals surface area contributed by atoms with Crippen LogP contribution in [0.2, 0.25) is 0 Å². The van der Waals surface area contributed by atoms with Gasteiger partial charge in [0.15, 0.2) is 0 Å². The van der Waals surface area contributed by atoms with Gasteiger partial charge in [-0.2, -0.15) is 0 Å². The molecule has 1 aliphatic rings. The number of methoxy groups -OCH3 is 1. The fraction of sp³-hybridized carbons (Fsp3) is 0.818. The molecule has 1 saturated carbocycles. The Morgan fingerprint density at radius 1 is 1.31 bits per heavy atom. The Balaban J connectivity index is 2.66. The maximum absolute atomic E-state index is 12.0. The number of carbonyl (C=O) groups excluding carboxylic acids is 2. The predicted molar refractivity (Wildman–Crippen MR) is 59.6 cm³/mol. The van der Waals surface area contributed by atoms with Crippen molar-refractivity contribution in [3.63, 3.8) is 0 Å². The number of amides is 1. The van der Waals surface area contributed by atoms with E-state index in [2.05, 4.69) is 10.1 Å². The summed E-state index contributed by atoms with van der Waals surface area (Å²) in [5, 5.41) is 2.65. The first-order valence-electron chi connectivity index (χ1n) is 5.52. The minimum absolute atomic E-state index is 0.264. The Hall–Kier alpha value is -1.10. The molecule has 92 valence electrons. The van der Waals surface area contributed by atoms with Crippen molar-refractivity contribution in [1.29, 1.82) is 0 Å². The number of nitrogens with two attached hydrogens (primary N) is 1. The molecule has 1 amide bonds. The van der Waals surface area contributed by atoms with Gasteiger partial charge in [0.05, 0.1) is 12.6 Å². The van der Waals surface area contributed by atoms with Crippen molar-refractivity contribution in [2.75, 3.05) is 7.11 Å². The molecule has 5 heteroatoms. The third-order valence-electron chi connectivity index (χ3n) is 3.07. The van der Waals surface area contributed by atoms with Crippen LogP contribution in [-0.4, -0.2) is 30.1 Å². The highest BCUT2D eigenvalue weighted by Crippen LogP contribution is 2.27. The molecule has 1 rings (SSSR count). The van der Waals surface area contributed by atoms with Gasteiger partial charge < -0.3 is 15.8 Å². The molecule has 0 saturated heterocycles. The maximum Gasteiger partial charge on any atom is 0.330 e. The van der Waals surface area contributed by atoms with E-state index in [9.17, 15) is 9.59 Å². The Bertz CT molecular complexity index is 294. The first-order valence-corrected chi connectivity index (χ1v) is 5.52. The zero-order valence-electron chi connectivity index (χ0n) is 10.1. The first-order chi connectivity index (χ1) is 7.32. The second-order valence-electron chi connectivity index (χ2n) is 4.93. The molecule has 0 aromatic heterocycles. The average Bonchev–Trinajstić information content (AvgIpc) is 2.64. The average molecular weight is 228 g/mol. The van der Waals surface area contributed by atoms with Gasteiger partial charge in [-0.15, -0.1) is 0 Å². The number of hydrogen-bond acceptors (Lipinski definition) is 4. The van der Waals surface area contributed by atoms with E-state index in [0.29, 0.717) is 12.8 Å². The van der Waals surface area contributed by atoms with Crippen molar-refractivity contribution in [1.82, 2.24) is 5.32 Å². The molecule has 0 aromatic rings.